The summed E-state index contributed by atoms with van der Waals surface area (Å²) in [6.07, 6.45) is 6.09. The molecule has 1 aliphatic rings. The highest BCUT2D eigenvalue weighted by Gasteiger charge is 2.31. The Morgan fingerprint density at radius 3 is 2.67 bits per heavy atom. The number of H-pyrrole nitrogens is 1. The average molecular weight is 421 g/mol. The van der Waals surface area contributed by atoms with Crippen LogP contribution in [0.25, 0.3) is 17.1 Å². The number of aromatic nitrogens is 2. The van der Waals surface area contributed by atoms with E-state index in [0.717, 1.165) is 0 Å². The Balaban J connectivity index is 1.44. The Bertz CT molecular complexity index is 1270. The van der Waals surface area contributed by atoms with Gasteiger partial charge in [-0.3, -0.25) is 4.79 Å². The molecule has 1 N–H and O–H groups in total. The largest absolute Gasteiger partial charge is 0.345 e. The summed E-state index contributed by atoms with van der Waals surface area (Å²) in [7, 11) is -3.69. The summed E-state index contributed by atoms with van der Waals surface area (Å²) >= 11 is 0. The maximum absolute atomic E-state index is 13.1. The van der Waals surface area contributed by atoms with Crippen LogP contribution in [-0.2, 0) is 14.8 Å². The van der Waals surface area contributed by atoms with Crippen LogP contribution < -0.4 is 0 Å². The lowest BCUT2D eigenvalue weighted by molar-refractivity contribution is -0.127. The van der Waals surface area contributed by atoms with Crippen LogP contribution in [-0.4, -0.2) is 59.7 Å². The lowest BCUT2D eigenvalue weighted by Gasteiger charge is -2.33. The van der Waals surface area contributed by atoms with Crippen LogP contribution in [0.1, 0.15) is 11.1 Å². The molecule has 1 aromatic carbocycles. The zero-order chi connectivity index (χ0) is 21.1. The van der Waals surface area contributed by atoms with Crippen LogP contribution in [0.3, 0.4) is 0 Å². The van der Waals surface area contributed by atoms with Crippen molar-refractivity contribution in [1.29, 1.82) is 5.26 Å². The fraction of sp³-hybridized carbons (Fsp3) is 0.190. The van der Waals surface area contributed by atoms with Gasteiger partial charge in [-0.25, -0.2) is 13.4 Å². The molecule has 1 fully saturated rings. The van der Waals surface area contributed by atoms with Gasteiger partial charge in [0.15, 0.2) is 0 Å². The number of hydrogen-bond acceptors (Lipinski definition) is 5. The number of nitriles is 1. The summed E-state index contributed by atoms with van der Waals surface area (Å²) in [6.45, 7) is 1.01. The zero-order valence-corrected chi connectivity index (χ0v) is 16.8. The first-order valence-electron chi connectivity index (χ1n) is 9.39. The fourth-order valence-electron chi connectivity index (χ4n) is 3.44. The molecule has 1 amide bonds. The first-order chi connectivity index (χ1) is 14.5. The van der Waals surface area contributed by atoms with Gasteiger partial charge in [-0.15, -0.1) is 0 Å². The number of benzene rings is 1. The maximum atomic E-state index is 13.1. The summed E-state index contributed by atoms with van der Waals surface area (Å²) < 4.78 is 27.5. The third kappa shape index (κ3) is 3.70. The van der Waals surface area contributed by atoms with E-state index in [1.165, 1.54) is 16.6 Å². The van der Waals surface area contributed by atoms with Crippen LogP contribution in [0.2, 0.25) is 0 Å². The minimum Gasteiger partial charge on any atom is -0.345 e. The summed E-state index contributed by atoms with van der Waals surface area (Å²) in [4.78, 5) is 21.3. The van der Waals surface area contributed by atoms with Crippen molar-refractivity contribution in [3.63, 3.8) is 0 Å². The molecular weight excluding hydrogens is 402 g/mol. The third-order valence-corrected chi connectivity index (χ3v) is 7.01. The van der Waals surface area contributed by atoms with Gasteiger partial charge >= 0.3 is 0 Å². The number of nitrogens with one attached hydrogen (secondary N) is 1. The van der Waals surface area contributed by atoms with Crippen LogP contribution in [0.5, 0.6) is 0 Å². The van der Waals surface area contributed by atoms with Crippen molar-refractivity contribution in [2.45, 2.75) is 4.90 Å². The van der Waals surface area contributed by atoms with Crippen LogP contribution in [0, 0.1) is 11.3 Å². The van der Waals surface area contributed by atoms with Gasteiger partial charge in [-0.1, -0.05) is 18.2 Å². The molecule has 0 atom stereocenters. The number of carbonyl (C=O) groups is 1. The number of pyridine rings is 1. The lowest BCUT2D eigenvalue weighted by atomic mass is 10.1. The highest BCUT2D eigenvalue weighted by atomic mass is 32.2. The SMILES string of the molecule is N#Cc1ccccc1/C=C/C(=O)N1CCN(S(=O)(=O)c2c[nH]c3ncccc23)CC1. The van der Waals surface area contributed by atoms with Crippen LogP contribution in [0.15, 0.2) is 59.8 Å². The normalized spacial score (nSPS) is 15.5. The molecule has 3 heterocycles. The molecule has 0 aliphatic carbocycles. The maximum Gasteiger partial charge on any atom is 0.246 e. The van der Waals surface area contributed by atoms with E-state index in [2.05, 4.69) is 16.0 Å². The molecule has 30 heavy (non-hydrogen) atoms. The van der Waals surface area contributed by atoms with Crippen molar-refractivity contribution in [2.75, 3.05) is 26.2 Å². The van der Waals surface area contributed by atoms with E-state index in [-0.39, 0.29) is 23.9 Å². The molecule has 1 aliphatic heterocycles. The van der Waals surface area contributed by atoms with Gasteiger partial charge in [0.1, 0.15) is 10.5 Å². The molecule has 0 saturated carbocycles. The molecule has 0 unspecified atom stereocenters. The predicted molar refractivity (Wildman–Crippen MR) is 112 cm³/mol. The molecule has 0 bridgehead atoms. The fourth-order valence-corrected chi connectivity index (χ4v) is 5.02. The number of hydrogen-bond donors (Lipinski definition) is 1. The second-order valence-electron chi connectivity index (χ2n) is 6.81. The number of nitrogens with zero attached hydrogens (tertiary/aromatic N) is 4. The van der Waals surface area contributed by atoms with Gasteiger partial charge in [0.05, 0.1) is 11.6 Å². The second kappa shape index (κ2) is 8.10. The van der Waals surface area contributed by atoms with E-state index in [1.54, 1.807) is 53.6 Å². The minimum atomic E-state index is -3.69. The summed E-state index contributed by atoms with van der Waals surface area (Å²) in [5, 5.41) is 9.69. The van der Waals surface area contributed by atoms with Crippen LogP contribution >= 0.6 is 0 Å². The number of rotatable bonds is 4. The molecule has 0 spiro atoms. The van der Waals surface area contributed by atoms with Crippen molar-refractivity contribution in [3.05, 3.63) is 66.0 Å². The molecule has 1 saturated heterocycles. The summed E-state index contributed by atoms with van der Waals surface area (Å²) in [6, 6.07) is 12.5. The quantitative estimate of drug-likeness (QED) is 0.648. The number of carbonyl (C=O) groups excluding carboxylic acids is 1. The molecule has 152 valence electrons. The Morgan fingerprint density at radius 1 is 1.13 bits per heavy atom. The van der Waals surface area contributed by atoms with E-state index < -0.39 is 10.0 Å². The summed E-state index contributed by atoms with van der Waals surface area (Å²) in [5.74, 6) is -0.212. The van der Waals surface area contributed by atoms with Gasteiger partial charge in [0.25, 0.3) is 0 Å². The molecule has 0 radical (unpaired) electrons. The van der Waals surface area contributed by atoms with E-state index in [1.807, 2.05) is 0 Å². The monoisotopic (exact) mass is 421 g/mol. The van der Waals surface area contributed by atoms with E-state index >= 15 is 0 Å². The second-order valence-corrected chi connectivity index (χ2v) is 8.72. The molecule has 3 aromatic rings. The third-order valence-electron chi connectivity index (χ3n) is 5.07. The smallest absolute Gasteiger partial charge is 0.246 e. The van der Waals surface area contributed by atoms with Gasteiger partial charge < -0.3 is 9.88 Å². The van der Waals surface area contributed by atoms with Gasteiger partial charge in [-0.2, -0.15) is 9.57 Å². The Morgan fingerprint density at radius 2 is 1.90 bits per heavy atom. The van der Waals surface area contributed by atoms with Crippen molar-refractivity contribution < 1.29 is 13.2 Å². The van der Waals surface area contributed by atoms with E-state index in [4.69, 9.17) is 5.26 Å². The first kappa shape index (κ1) is 19.8. The highest BCUT2D eigenvalue weighted by Crippen LogP contribution is 2.25. The van der Waals surface area contributed by atoms with Crippen molar-refractivity contribution in [3.8, 4) is 6.07 Å². The zero-order valence-electron chi connectivity index (χ0n) is 16.0. The Kier molecular flexibility index (Phi) is 5.35. The highest BCUT2D eigenvalue weighted by molar-refractivity contribution is 7.89. The van der Waals surface area contributed by atoms with Gasteiger partial charge in [0, 0.05) is 50.0 Å². The molecule has 8 nitrogen and oxygen atoms in total. The number of fused-ring (bicyclic) bond motifs is 1. The van der Waals surface area contributed by atoms with Gasteiger partial charge in [0.2, 0.25) is 15.9 Å². The summed E-state index contributed by atoms with van der Waals surface area (Å²) in [5.41, 5.74) is 1.68. The molecule has 9 heteroatoms. The van der Waals surface area contributed by atoms with Crippen molar-refractivity contribution in [2.24, 2.45) is 0 Å². The van der Waals surface area contributed by atoms with Crippen LogP contribution in [0.4, 0.5) is 0 Å². The number of sulfonamides is 1. The topological polar surface area (TPSA) is 110 Å². The lowest BCUT2D eigenvalue weighted by Crippen LogP contribution is -2.50. The molecular formula is C21H19N5O3S. The molecule has 2 aromatic heterocycles. The standard InChI is InChI=1S/C21H19N5O3S/c22-14-17-5-2-1-4-16(17)7-8-20(27)25-10-12-26(13-11-25)30(28,29)19-15-24-21-18(19)6-3-9-23-21/h1-9,15H,10-13H2,(H,23,24)/b8-7+. The number of piperazine rings is 1. The first-order valence-corrected chi connectivity index (χ1v) is 10.8. The van der Waals surface area contributed by atoms with E-state index in [0.29, 0.717) is 35.2 Å². The predicted octanol–water partition coefficient (Wildman–Crippen LogP) is 1.98. The van der Waals surface area contributed by atoms with Crippen molar-refractivity contribution in [1.82, 2.24) is 19.2 Å². The molecule has 4 rings (SSSR count). The Labute approximate surface area is 174 Å². The number of aromatic amines is 1. The average Bonchev–Trinajstić information content (AvgIpc) is 3.23. The number of amides is 1. The van der Waals surface area contributed by atoms with Crippen molar-refractivity contribution >= 4 is 33.0 Å². The minimum absolute atomic E-state index is 0.193. The van der Waals surface area contributed by atoms with E-state index in [9.17, 15) is 13.2 Å². The Hall–Kier alpha value is -3.48. The van der Waals surface area contributed by atoms with Gasteiger partial charge in [-0.05, 0) is 29.8 Å².